The van der Waals surface area contributed by atoms with Crippen molar-refractivity contribution in [3.63, 3.8) is 0 Å². The van der Waals surface area contributed by atoms with Crippen LogP contribution in [0.5, 0.6) is 5.75 Å². The Kier molecular flexibility index (Phi) is 3.35. The fourth-order valence-corrected chi connectivity index (χ4v) is 2.63. The number of piperazine rings is 1. The van der Waals surface area contributed by atoms with E-state index < -0.39 is 0 Å². The van der Waals surface area contributed by atoms with Crippen LogP contribution >= 0.6 is 0 Å². The van der Waals surface area contributed by atoms with Crippen LogP contribution in [0, 0.1) is 0 Å². The first-order chi connectivity index (χ1) is 9.72. The van der Waals surface area contributed by atoms with Crippen molar-refractivity contribution in [2.24, 2.45) is 0 Å². The second-order valence-electron chi connectivity index (χ2n) is 4.89. The van der Waals surface area contributed by atoms with Crippen LogP contribution in [0.4, 0.5) is 11.8 Å². The zero-order valence-electron chi connectivity index (χ0n) is 11.9. The molecule has 3 heterocycles. The van der Waals surface area contributed by atoms with Gasteiger partial charge in [-0.15, -0.1) is 5.10 Å². The SMILES string of the molecule is CCN1CCN(c2ccc(OC)c3nc(N)nn23)CC1. The van der Waals surface area contributed by atoms with E-state index in [0.29, 0.717) is 11.4 Å². The van der Waals surface area contributed by atoms with Gasteiger partial charge in [0.05, 0.1) is 7.11 Å². The van der Waals surface area contributed by atoms with Crippen molar-refractivity contribution < 1.29 is 4.74 Å². The van der Waals surface area contributed by atoms with Gasteiger partial charge in [0.1, 0.15) is 5.82 Å². The minimum absolute atomic E-state index is 0.267. The van der Waals surface area contributed by atoms with Gasteiger partial charge < -0.3 is 20.3 Å². The maximum Gasteiger partial charge on any atom is 0.240 e. The molecule has 0 spiro atoms. The van der Waals surface area contributed by atoms with Gasteiger partial charge in [0.15, 0.2) is 5.75 Å². The first-order valence-electron chi connectivity index (χ1n) is 6.89. The van der Waals surface area contributed by atoms with Crippen LogP contribution in [-0.4, -0.2) is 59.3 Å². The van der Waals surface area contributed by atoms with E-state index in [9.17, 15) is 0 Å². The summed E-state index contributed by atoms with van der Waals surface area (Å²) in [5.41, 5.74) is 6.40. The summed E-state index contributed by atoms with van der Waals surface area (Å²) in [5.74, 6) is 1.97. The fraction of sp³-hybridized carbons (Fsp3) is 0.538. The summed E-state index contributed by atoms with van der Waals surface area (Å²) in [7, 11) is 1.62. The number of likely N-dealkylation sites (N-methyl/N-ethyl adjacent to an activating group) is 1. The van der Waals surface area contributed by atoms with Crippen LogP contribution in [-0.2, 0) is 0 Å². The molecule has 2 aromatic rings. The van der Waals surface area contributed by atoms with Crippen LogP contribution in [0.3, 0.4) is 0 Å². The van der Waals surface area contributed by atoms with Gasteiger partial charge in [-0.25, -0.2) is 0 Å². The Morgan fingerprint density at radius 3 is 2.65 bits per heavy atom. The average molecular weight is 276 g/mol. The van der Waals surface area contributed by atoms with E-state index in [-0.39, 0.29) is 5.95 Å². The molecule has 7 nitrogen and oxygen atoms in total. The smallest absolute Gasteiger partial charge is 0.240 e. The number of pyridine rings is 1. The van der Waals surface area contributed by atoms with E-state index in [4.69, 9.17) is 10.5 Å². The van der Waals surface area contributed by atoms with Crippen LogP contribution in [0.15, 0.2) is 12.1 Å². The first-order valence-corrected chi connectivity index (χ1v) is 6.89. The molecule has 1 aliphatic rings. The standard InChI is InChI=1S/C13H20N6O/c1-3-17-6-8-18(9-7-17)11-5-4-10(20-2)12-15-13(14)16-19(11)12/h4-5H,3,6-9H2,1-2H3,(H2,14,16). The monoisotopic (exact) mass is 276 g/mol. The van der Waals surface area contributed by atoms with E-state index >= 15 is 0 Å². The molecular weight excluding hydrogens is 256 g/mol. The molecule has 1 aliphatic heterocycles. The molecule has 0 bridgehead atoms. The van der Waals surface area contributed by atoms with Gasteiger partial charge in [0.2, 0.25) is 11.6 Å². The summed E-state index contributed by atoms with van der Waals surface area (Å²) in [4.78, 5) is 8.99. The van der Waals surface area contributed by atoms with Crippen molar-refractivity contribution in [2.75, 3.05) is 50.5 Å². The number of nitrogens with zero attached hydrogens (tertiary/aromatic N) is 5. The second kappa shape index (κ2) is 5.16. The van der Waals surface area contributed by atoms with Crippen LogP contribution in [0.2, 0.25) is 0 Å². The molecule has 0 atom stereocenters. The van der Waals surface area contributed by atoms with Gasteiger partial charge in [-0.1, -0.05) is 6.92 Å². The Bertz CT molecular complexity index is 602. The van der Waals surface area contributed by atoms with Crippen molar-refractivity contribution in [1.82, 2.24) is 19.5 Å². The molecule has 108 valence electrons. The lowest BCUT2D eigenvalue weighted by Crippen LogP contribution is -2.46. The molecule has 0 amide bonds. The van der Waals surface area contributed by atoms with Crippen LogP contribution in [0.1, 0.15) is 6.92 Å². The molecule has 3 rings (SSSR count). The molecule has 0 unspecified atom stereocenters. The van der Waals surface area contributed by atoms with E-state index in [1.54, 1.807) is 11.6 Å². The number of nitrogens with two attached hydrogens (primary N) is 1. The van der Waals surface area contributed by atoms with Gasteiger partial charge >= 0.3 is 0 Å². The van der Waals surface area contributed by atoms with E-state index in [1.165, 1.54) is 0 Å². The number of ether oxygens (including phenoxy) is 1. The zero-order chi connectivity index (χ0) is 14.1. The van der Waals surface area contributed by atoms with E-state index in [1.807, 2.05) is 12.1 Å². The Balaban J connectivity index is 1.96. The fourth-order valence-electron chi connectivity index (χ4n) is 2.63. The normalized spacial score (nSPS) is 16.8. The molecule has 2 aromatic heterocycles. The number of fused-ring (bicyclic) bond motifs is 1. The highest BCUT2D eigenvalue weighted by Gasteiger charge is 2.20. The number of hydrogen-bond acceptors (Lipinski definition) is 6. The highest BCUT2D eigenvalue weighted by Crippen LogP contribution is 2.25. The lowest BCUT2D eigenvalue weighted by molar-refractivity contribution is 0.270. The van der Waals surface area contributed by atoms with Gasteiger partial charge in [0.25, 0.3) is 0 Å². The molecule has 0 radical (unpaired) electrons. The minimum Gasteiger partial charge on any atom is -0.493 e. The number of aromatic nitrogens is 3. The average Bonchev–Trinajstić information content (AvgIpc) is 2.87. The quantitative estimate of drug-likeness (QED) is 0.878. The first kappa shape index (κ1) is 13.0. The summed E-state index contributed by atoms with van der Waals surface area (Å²) in [6, 6.07) is 3.94. The third-order valence-electron chi connectivity index (χ3n) is 3.81. The number of anilines is 2. The summed E-state index contributed by atoms with van der Waals surface area (Å²) in [5, 5.41) is 4.28. The van der Waals surface area contributed by atoms with E-state index in [0.717, 1.165) is 38.5 Å². The Morgan fingerprint density at radius 1 is 1.25 bits per heavy atom. The molecule has 0 aliphatic carbocycles. The van der Waals surface area contributed by atoms with Gasteiger partial charge in [-0.05, 0) is 18.7 Å². The topological polar surface area (TPSA) is 71.9 Å². The molecule has 0 aromatic carbocycles. The molecule has 1 fully saturated rings. The van der Waals surface area contributed by atoms with Gasteiger partial charge in [-0.2, -0.15) is 9.50 Å². The molecule has 1 saturated heterocycles. The third-order valence-corrected chi connectivity index (χ3v) is 3.81. The summed E-state index contributed by atoms with van der Waals surface area (Å²) in [6.07, 6.45) is 0. The lowest BCUT2D eigenvalue weighted by atomic mass is 10.3. The largest absolute Gasteiger partial charge is 0.493 e. The van der Waals surface area contributed by atoms with Crippen molar-refractivity contribution >= 4 is 17.4 Å². The summed E-state index contributed by atoms with van der Waals surface area (Å²) in [6.45, 7) is 7.38. The van der Waals surface area contributed by atoms with Crippen molar-refractivity contribution in [3.05, 3.63) is 12.1 Å². The molecule has 20 heavy (non-hydrogen) atoms. The number of hydrogen-bond donors (Lipinski definition) is 1. The highest BCUT2D eigenvalue weighted by atomic mass is 16.5. The van der Waals surface area contributed by atoms with Crippen molar-refractivity contribution in [1.29, 1.82) is 0 Å². The highest BCUT2D eigenvalue weighted by molar-refractivity contribution is 5.61. The minimum atomic E-state index is 0.267. The lowest BCUT2D eigenvalue weighted by Gasteiger charge is -2.35. The van der Waals surface area contributed by atoms with E-state index in [2.05, 4.69) is 26.8 Å². The number of rotatable bonds is 3. The predicted molar refractivity (Wildman–Crippen MR) is 78.3 cm³/mol. The Morgan fingerprint density at radius 2 is 2.00 bits per heavy atom. The summed E-state index contributed by atoms with van der Waals surface area (Å²) < 4.78 is 7.09. The number of methoxy groups -OCH3 is 1. The Hall–Kier alpha value is -2.02. The van der Waals surface area contributed by atoms with Crippen molar-refractivity contribution in [2.45, 2.75) is 6.92 Å². The third kappa shape index (κ3) is 2.14. The molecule has 2 N–H and O–H groups in total. The molecule has 0 saturated carbocycles. The van der Waals surface area contributed by atoms with Crippen molar-refractivity contribution in [3.8, 4) is 5.75 Å². The number of nitrogen functional groups attached to an aromatic ring is 1. The summed E-state index contributed by atoms with van der Waals surface area (Å²) >= 11 is 0. The zero-order valence-corrected chi connectivity index (χ0v) is 11.9. The van der Waals surface area contributed by atoms with Crippen LogP contribution < -0.4 is 15.4 Å². The predicted octanol–water partition coefficient (Wildman–Crippen LogP) is 0.462. The second-order valence-corrected chi connectivity index (χ2v) is 4.89. The maximum absolute atomic E-state index is 5.73. The molecular formula is C13H20N6O. The van der Waals surface area contributed by atoms with Crippen LogP contribution in [0.25, 0.3) is 5.65 Å². The van der Waals surface area contributed by atoms with Gasteiger partial charge in [0, 0.05) is 26.2 Å². The maximum atomic E-state index is 5.73. The van der Waals surface area contributed by atoms with Gasteiger partial charge in [-0.3, -0.25) is 0 Å². The Labute approximate surface area is 117 Å². The molecule has 7 heteroatoms.